The van der Waals surface area contributed by atoms with Gasteiger partial charge in [-0.15, -0.1) is 0 Å². The van der Waals surface area contributed by atoms with Crippen LogP contribution in [0, 0.1) is 0 Å². The second kappa shape index (κ2) is 56.2. The highest BCUT2D eigenvalue weighted by Crippen LogP contribution is 2.18. The van der Waals surface area contributed by atoms with Gasteiger partial charge in [0, 0.05) is 12.8 Å². The van der Waals surface area contributed by atoms with E-state index in [0.717, 1.165) is 77.0 Å². The zero-order chi connectivity index (χ0) is 47.9. The molecule has 0 aliphatic heterocycles. The van der Waals surface area contributed by atoms with Gasteiger partial charge < -0.3 is 20.3 Å². The van der Waals surface area contributed by atoms with Crippen molar-refractivity contribution < 1.29 is 24.5 Å². The topological polar surface area (TPSA) is 95.9 Å². The standard InChI is InChI=1S/C60H117NO5/c1-3-5-7-9-11-13-15-17-19-21-22-23-24-25-26-28-32-36-40-44-48-52-58(63)57(56-62)61-59(64)53-49-45-41-37-33-30-31-35-39-43-47-51-55-66-60(65)54-50-46-42-38-34-29-27-20-18-16-14-12-10-8-6-4-2/h31,35,57-58,62-63H,3-30,32-34,36-56H2,1-2H3,(H,61,64)/b35-31-. The van der Waals surface area contributed by atoms with Gasteiger partial charge in [-0.05, 0) is 57.8 Å². The molecule has 2 atom stereocenters. The van der Waals surface area contributed by atoms with Gasteiger partial charge in [-0.1, -0.05) is 276 Å². The van der Waals surface area contributed by atoms with Crippen molar-refractivity contribution in [3.8, 4) is 0 Å². The Labute approximate surface area is 412 Å². The predicted octanol–water partition coefficient (Wildman–Crippen LogP) is 18.5. The molecule has 0 aliphatic carbocycles. The fourth-order valence-corrected chi connectivity index (χ4v) is 9.46. The van der Waals surface area contributed by atoms with Gasteiger partial charge in [-0.2, -0.15) is 0 Å². The third-order valence-corrected chi connectivity index (χ3v) is 14.1. The Balaban J connectivity index is 3.47. The van der Waals surface area contributed by atoms with Crippen LogP contribution < -0.4 is 5.32 Å². The van der Waals surface area contributed by atoms with E-state index in [4.69, 9.17) is 4.74 Å². The molecule has 0 heterocycles. The predicted molar refractivity (Wildman–Crippen MR) is 287 cm³/mol. The first-order valence-electron chi connectivity index (χ1n) is 29.9. The Morgan fingerprint density at radius 3 is 1.08 bits per heavy atom. The highest BCUT2D eigenvalue weighted by Gasteiger charge is 2.20. The first-order valence-corrected chi connectivity index (χ1v) is 29.9. The van der Waals surface area contributed by atoms with E-state index in [1.807, 2.05) is 0 Å². The van der Waals surface area contributed by atoms with Gasteiger partial charge in [0.25, 0.3) is 0 Å². The summed E-state index contributed by atoms with van der Waals surface area (Å²) in [4.78, 5) is 24.6. The lowest BCUT2D eigenvalue weighted by molar-refractivity contribution is -0.143. The summed E-state index contributed by atoms with van der Waals surface area (Å²) in [6.45, 7) is 4.92. The van der Waals surface area contributed by atoms with Crippen molar-refractivity contribution in [1.82, 2.24) is 5.32 Å². The quantitative estimate of drug-likeness (QED) is 0.0321. The van der Waals surface area contributed by atoms with Crippen molar-refractivity contribution in [3.05, 3.63) is 12.2 Å². The van der Waals surface area contributed by atoms with Crippen molar-refractivity contribution in [2.75, 3.05) is 13.2 Å². The van der Waals surface area contributed by atoms with E-state index in [9.17, 15) is 19.8 Å². The van der Waals surface area contributed by atoms with Gasteiger partial charge in [0.2, 0.25) is 5.91 Å². The van der Waals surface area contributed by atoms with Gasteiger partial charge in [0.05, 0.1) is 25.4 Å². The van der Waals surface area contributed by atoms with E-state index in [1.54, 1.807) is 0 Å². The molecule has 0 fully saturated rings. The largest absolute Gasteiger partial charge is 0.466 e. The SMILES string of the molecule is CCCCCCCCCCCCCCCCCCCCCCCC(O)C(CO)NC(=O)CCCCCCC/C=C\CCCCCOC(=O)CCCCCCCCCCCCCCCCCC. The third kappa shape index (κ3) is 52.0. The van der Waals surface area contributed by atoms with E-state index in [0.29, 0.717) is 25.9 Å². The fraction of sp³-hybridized carbons (Fsp3) is 0.933. The number of unbranched alkanes of at least 4 members (excludes halogenated alkanes) is 43. The minimum Gasteiger partial charge on any atom is -0.466 e. The van der Waals surface area contributed by atoms with Crippen LogP contribution >= 0.6 is 0 Å². The molecule has 0 saturated carbocycles. The normalized spacial score (nSPS) is 12.6. The van der Waals surface area contributed by atoms with Crippen molar-refractivity contribution in [2.24, 2.45) is 0 Å². The zero-order valence-electron chi connectivity index (χ0n) is 44.7. The monoisotopic (exact) mass is 932 g/mol. The molecule has 0 saturated heterocycles. The number of hydrogen-bond donors (Lipinski definition) is 3. The molecular formula is C60H117NO5. The summed E-state index contributed by atoms with van der Waals surface area (Å²) in [7, 11) is 0. The molecule has 0 aromatic carbocycles. The Bertz CT molecular complexity index is 986. The second-order valence-electron chi connectivity index (χ2n) is 20.7. The minimum absolute atomic E-state index is 0.0182. The minimum atomic E-state index is -0.680. The highest BCUT2D eigenvalue weighted by atomic mass is 16.5. The summed E-state index contributed by atoms with van der Waals surface area (Å²) in [6.07, 6.45) is 66.4. The summed E-state index contributed by atoms with van der Waals surface area (Å²) in [6, 6.07) is -0.560. The van der Waals surface area contributed by atoms with Crippen LogP contribution in [-0.4, -0.2) is 47.4 Å². The highest BCUT2D eigenvalue weighted by molar-refractivity contribution is 5.76. The number of aliphatic hydroxyl groups excluding tert-OH is 2. The van der Waals surface area contributed by atoms with Crippen LogP contribution in [0.5, 0.6) is 0 Å². The lowest BCUT2D eigenvalue weighted by Crippen LogP contribution is -2.45. The van der Waals surface area contributed by atoms with Gasteiger partial charge in [-0.3, -0.25) is 9.59 Å². The average Bonchev–Trinajstić information content (AvgIpc) is 3.32. The van der Waals surface area contributed by atoms with Crippen LogP contribution in [0.25, 0.3) is 0 Å². The molecule has 0 radical (unpaired) electrons. The molecule has 6 nitrogen and oxygen atoms in total. The van der Waals surface area contributed by atoms with Crippen LogP contribution in [0.3, 0.4) is 0 Å². The summed E-state index contributed by atoms with van der Waals surface area (Å²) >= 11 is 0. The Kier molecular flexibility index (Phi) is 55.0. The summed E-state index contributed by atoms with van der Waals surface area (Å²) in [5.41, 5.74) is 0. The molecule has 66 heavy (non-hydrogen) atoms. The van der Waals surface area contributed by atoms with Crippen LogP contribution in [0.15, 0.2) is 12.2 Å². The lowest BCUT2D eigenvalue weighted by Gasteiger charge is -2.22. The second-order valence-corrected chi connectivity index (χ2v) is 20.7. The van der Waals surface area contributed by atoms with Crippen molar-refractivity contribution in [2.45, 2.75) is 347 Å². The van der Waals surface area contributed by atoms with E-state index in [-0.39, 0.29) is 18.5 Å². The van der Waals surface area contributed by atoms with E-state index < -0.39 is 12.1 Å². The molecular weight excluding hydrogens is 815 g/mol. The van der Waals surface area contributed by atoms with Crippen LogP contribution in [-0.2, 0) is 14.3 Å². The zero-order valence-corrected chi connectivity index (χ0v) is 44.7. The smallest absolute Gasteiger partial charge is 0.305 e. The first-order chi connectivity index (χ1) is 32.5. The fourth-order valence-electron chi connectivity index (χ4n) is 9.46. The number of esters is 1. The summed E-state index contributed by atoms with van der Waals surface area (Å²) < 4.78 is 5.46. The number of carbonyl (C=O) groups is 2. The lowest BCUT2D eigenvalue weighted by atomic mass is 10.0. The molecule has 0 aromatic rings. The maximum absolute atomic E-state index is 12.5. The van der Waals surface area contributed by atoms with Crippen molar-refractivity contribution in [3.63, 3.8) is 0 Å². The maximum atomic E-state index is 12.5. The molecule has 392 valence electrons. The van der Waals surface area contributed by atoms with Crippen LogP contribution in [0.1, 0.15) is 335 Å². The Hall–Kier alpha value is -1.40. The van der Waals surface area contributed by atoms with Gasteiger partial charge in [0.1, 0.15) is 0 Å². The number of allylic oxidation sites excluding steroid dienone is 2. The number of aliphatic hydroxyl groups is 2. The Morgan fingerprint density at radius 1 is 0.409 bits per heavy atom. The number of amides is 1. The molecule has 2 unspecified atom stereocenters. The summed E-state index contributed by atoms with van der Waals surface area (Å²) in [5.74, 6) is -0.0751. The summed E-state index contributed by atoms with van der Waals surface area (Å²) in [5, 5.41) is 23.3. The first kappa shape index (κ1) is 64.6. The maximum Gasteiger partial charge on any atom is 0.305 e. The molecule has 0 bridgehead atoms. The molecule has 1 amide bonds. The molecule has 0 aromatic heterocycles. The van der Waals surface area contributed by atoms with Gasteiger partial charge in [-0.25, -0.2) is 0 Å². The van der Waals surface area contributed by atoms with Gasteiger partial charge >= 0.3 is 5.97 Å². The number of nitrogens with one attached hydrogen (secondary N) is 1. The van der Waals surface area contributed by atoms with E-state index in [1.165, 1.54) is 225 Å². The van der Waals surface area contributed by atoms with Crippen LogP contribution in [0.2, 0.25) is 0 Å². The molecule has 0 rings (SSSR count). The molecule has 0 spiro atoms. The molecule has 0 aliphatic rings. The Morgan fingerprint density at radius 2 is 0.712 bits per heavy atom. The van der Waals surface area contributed by atoms with E-state index in [2.05, 4.69) is 31.3 Å². The molecule has 3 N–H and O–H groups in total. The van der Waals surface area contributed by atoms with Crippen molar-refractivity contribution >= 4 is 11.9 Å². The van der Waals surface area contributed by atoms with Crippen molar-refractivity contribution in [1.29, 1.82) is 0 Å². The number of hydrogen-bond acceptors (Lipinski definition) is 5. The average molecular weight is 933 g/mol. The number of carbonyl (C=O) groups excluding carboxylic acids is 2. The number of rotatable bonds is 56. The van der Waals surface area contributed by atoms with Gasteiger partial charge in [0.15, 0.2) is 0 Å². The van der Waals surface area contributed by atoms with E-state index >= 15 is 0 Å². The number of ether oxygens (including phenoxy) is 1. The third-order valence-electron chi connectivity index (χ3n) is 14.1. The van der Waals surface area contributed by atoms with Crippen LogP contribution in [0.4, 0.5) is 0 Å². The molecule has 6 heteroatoms.